The van der Waals surface area contributed by atoms with Gasteiger partial charge in [0, 0.05) is 12.2 Å². The lowest BCUT2D eigenvalue weighted by Gasteiger charge is -2.33. The van der Waals surface area contributed by atoms with Gasteiger partial charge in [0.05, 0.1) is 5.88 Å². The normalized spacial score (nSPS) is 27.1. The zero-order valence-corrected chi connectivity index (χ0v) is 13.2. The van der Waals surface area contributed by atoms with Gasteiger partial charge in [0.1, 0.15) is 11.3 Å². The molecule has 0 aliphatic heterocycles. The van der Waals surface area contributed by atoms with Crippen molar-refractivity contribution in [3.63, 3.8) is 0 Å². The minimum absolute atomic E-state index is 0.453. The van der Waals surface area contributed by atoms with Gasteiger partial charge in [-0.05, 0) is 49.7 Å². The van der Waals surface area contributed by atoms with Crippen LogP contribution < -0.4 is 0 Å². The van der Waals surface area contributed by atoms with Crippen LogP contribution in [0, 0.1) is 18.8 Å². The average Bonchev–Trinajstić information content (AvgIpc) is 2.74. The number of alkyl halides is 1. The lowest BCUT2D eigenvalue weighted by molar-refractivity contribution is 0.222. The molecule has 1 aliphatic carbocycles. The number of hydrogen-bond acceptors (Lipinski definition) is 2. The van der Waals surface area contributed by atoms with Gasteiger partial charge in [-0.3, -0.25) is 0 Å². The largest absolute Gasteiger partial charge is 0.309 e. The number of rotatable bonds is 2. The molecule has 0 amide bonds. The van der Waals surface area contributed by atoms with Crippen LogP contribution in [0.4, 0.5) is 0 Å². The Kier molecular flexibility index (Phi) is 3.72. The molecule has 4 heteroatoms. The molecule has 2 heterocycles. The summed E-state index contributed by atoms with van der Waals surface area (Å²) in [6.07, 6.45) is 5.66. The molecule has 0 spiro atoms. The Balaban J connectivity index is 2.09. The van der Waals surface area contributed by atoms with Crippen LogP contribution in [-0.2, 0) is 5.88 Å². The smallest absolute Gasteiger partial charge is 0.160 e. The molecule has 108 valence electrons. The van der Waals surface area contributed by atoms with Crippen molar-refractivity contribution in [2.75, 3.05) is 0 Å². The van der Waals surface area contributed by atoms with Crippen molar-refractivity contribution in [3.8, 4) is 0 Å². The van der Waals surface area contributed by atoms with E-state index in [2.05, 4.69) is 41.4 Å². The van der Waals surface area contributed by atoms with Crippen LogP contribution in [0.2, 0.25) is 0 Å². The lowest BCUT2D eigenvalue weighted by atomic mass is 9.80. The van der Waals surface area contributed by atoms with Crippen LogP contribution in [0.15, 0.2) is 12.3 Å². The first-order chi connectivity index (χ1) is 9.58. The molecule has 2 aromatic heterocycles. The number of pyridine rings is 1. The fourth-order valence-corrected chi connectivity index (χ4v) is 3.91. The average molecular weight is 292 g/mol. The molecule has 0 bridgehead atoms. The molecule has 20 heavy (non-hydrogen) atoms. The number of hydrogen-bond donors (Lipinski definition) is 0. The van der Waals surface area contributed by atoms with Gasteiger partial charge in [0.25, 0.3) is 0 Å². The van der Waals surface area contributed by atoms with E-state index in [1.807, 2.05) is 6.20 Å². The second-order valence-electron chi connectivity index (χ2n) is 6.46. The minimum Gasteiger partial charge on any atom is -0.309 e. The first kappa shape index (κ1) is 13.9. The van der Waals surface area contributed by atoms with Crippen LogP contribution in [0.3, 0.4) is 0 Å². The summed E-state index contributed by atoms with van der Waals surface area (Å²) in [7, 11) is 0. The third kappa shape index (κ3) is 2.44. The Labute approximate surface area is 125 Å². The molecular formula is C16H22ClN3. The minimum atomic E-state index is 0.453. The van der Waals surface area contributed by atoms with Gasteiger partial charge in [0.15, 0.2) is 5.65 Å². The van der Waals surface area contributed by atoms with E-state index in [0.717, 1.165) is 34.4 Å². The second-order valence-corrected chi connectivity index (χ2v) is 6.73. The summed E-state index contributed by atoms with van der Waals surface area (Å²) >= 11 is 6.12. The standard InChI is InChI=1S/C16H22ClN3/c1-10-4-11(2)6-13(5-10)20-15(8-17)19-14-7-12(3)9-18-16(14)20/h7,9-11,13H,4-6,8H2,1-3H3. The lowest BCUT2D eigenvalue weighted by Crippen LogP contribution is -2.24. The van der Waals surface area contributed by atoms with Crippen LogP contribution >= 0.6 is 11.6 Å². The zero-order valence-electron chi connectivity index (χ0n) is 12.4. The third-order valence-corrected chi connectivity index (χ3v) is 4.62. The van der Waals surface area contributed by atoms with E-state index < -0.39 is 0 Å². The number of imidazole rings is 1. The Morgan fingerprint density at radius 1 is 1.25 bits per heavy atom. The molecule has 2 atom stereocenters. The molecule has 0 radical (unpaired) electrons. The monoisotopic (exact) mass is 291 g/mol. The van der Waals surface area contributed by atoms with E-state index in [1.54, 1.807) is 0 Å². The summed E-state index contributed by atoms with van der Waals surface area (Å²) in [4.78, 5) is 9.30. The summed E-state index contributed by atoms with van der Waals surface area (Å²) < 4.78 is 2.30. The van der Waals surface area contributed by atoms with E-state index in [9.17, 15) is 0 Å². The van der Waals surface area contributed by atoms with Gasteiger partial charge in [-0.15, -0.1) is 11.6 Å². The predicted molar refractivity (Wildman–Crippen MR) is 83.0 cm³/mol. The molecule has 1 fully saturated rings. The summed E-state index contributed by atoms with van der Waals surface area (Å²) in [6, 6.07) is 2.59. The number of aromatic nitrogens is 3. The maximum atomic E-state index is 6.12. The number of aryl methyl sites for hydroxylation is 1. The SMILES string of the molecule is Cc1cnc2c(c1)nc(CCl)n2C1CC(C)CC(C)C1. The Bertz CT molecular complexity index is 609. The number of halogens is 1. The van der Waals surface area contributed by atoms with Crippen molar-refractivity contribution < 1.29 is 0 Å². The highest BCUT2D eigenvalue weighted by Gasteiger charge is 2.28. The third-order valence-electron chi connectivity index (χ3n) is 4.38. The first-order valence-electron chi connectivity index (χ1n) is 7.48. The second kappa shape index (κ2) is 5.36. The summed E-state index contributed by atoms with van der Waals surface area (Å²) in [5.41, 5.74) is 3.12. The molecule has 2 unspecified atom stereocenters. The molecule has 0 N–H and O–H groups in total. The van der Waals surface area contributed by atoms with Crippen LogP contribution in [0.25, 0.3) is 11.2 Å². The maximum Gasteiger partial charge on any atom is 0.160 e. The van der Waals surface area contributed by atoms with Crippen LogP contribution in [0.1, 0.15) is 50.5 Å². The summed E-state index contributed by atoms with van der Waals surface area (Å²) in [5.74, 6) is 2.94. The molecule has 0 aromatic carbocycles. The molecule has 3 nitrogen and oxygen atoms in total. The molecule has 1 saturated carbocycles. The Morgan fingerprint density at radius 3 is 2.60 bits per heavy atom. The van der Waals surface area contributed by atoms with E-state index in [4.69, 9.17) is 11.6 Å². The Hall–Kier alpha value is -1.09. The maximum absolute atomic E-state index is 6.12. The zero-order chi connectivity index (χ0) is 14.3. The van der Waals surface area contributed by atoms with Crippen molar-refractivity contribution in [2.45, 2.75) is 52.0 Å². The van der Waals surface area contributed by atoms with Crippen molar-refractivity contribution in [1.29, 1.82) is 0 Å². The van der Waals surface area contributed by atoms with Gasteiger partial charge in [-0.1, -0.05) is 13.8 Å². The predicted octanol–water partition coefficient (Wildman–Crippen LogP) is 4.48. The first-order valence-corrected chi connectivity index (χ1v) is 8.01. The van der Waals surface area contributed by atoms with Crippen molar-refractivity contribution >= 4 is 22.8 Å². The molecule has 2 aromatic rings. The van der Waals surface area contributed by atoms with Gasteiger partial charge in [-0.2, -0.15) is 0 Å². The van der Waals surface area contributed by atoms with E-state index in [0.29, 0.717) is 11.9 Å². The number of nitrogens with zero attached hydrogens (tertiary/aromatic N) is 3. The van der Waals surface area contributed by atoms with Crippen molar-refractivity contribution in [2.24, 2.45) is 11.8 Å². The molecule has 3 rings (SSSR count). The van der Waals surface area contributed by atoms with Gasteiger partial charge < -0.3 is 4.57 Å². The van der Waals surface area contributed by atoms with Crippen molar-refractivity contribution in [3.05, 3.63) is 23.7 Å². The fraction of sp³-hybridized carbons (Fsp3) is 0.625. The van der Waals surface area contributed by atoms with Crippen molar-refractivity contribution in [1.82, 2.24) is 14.5 Å². The van der Waals surface area contributed by atoms with Gasteiger partial charge >= 0.3 is 0 Å². The highest BCUT2D eigenvalue weighted by molar-refractivity contribution is 6.16. The number of fused-ring (bicyclic) bond motifs is 1. The summed E-state index contributed by atoms with van der Waals surface area (Å²) in [5, 5.41) is 0. The topological polar surface area (TPSA) is 30.7 Å². The molecular weight excluding hydrogens is 270 g/mol. The van der Waals surface area contributed by atoms with E-state index in [-0.39, 0.29) is 0 Å². The van der Waals surface area contributed by atoms with E-state index in [1.165, 1.54) is 19.3 Å². The van der Waals surface area contributed by atoms with Crippen LogP contribution in [0.5, 0.6) is 0 Å². The highest BCUT2D eigenvalue weighted by Crippen LogP contribution is 2.38. The highest BCUT2D eigenvalue weighted by atomic mass is 35.5. The van der Waals surface area contributed by atoms with Gasteiger partial charge in [-0.25, -0.2) is 9.97 Å². The van der Waals surface area contributed by atoms with Gasteiger partial charge in [0.2, 0.25) is 0 Å². The molecule has 0 saturated heterocycles. The molecule has 1 aliphatic rings. The quantitative estimate of drug-likeness (QED) is 0.764. The fourth-order valence-electron chi connectivity index (χ4n) is 3.72. The summed E-state index contributed by atoms with van der Waals surface area (Å²) in [6.45, 7) is 6.75. The Morgan fingerprint density at radius 2 is 1.95 bits per heavy atom. The van der Waals surface area contributed by atoms with E-state index >= 15 is 0 Å². The van der Waals surface area contributed by atoms with Crippen LogP contribution in [-0.4, -0.2) is 14.5 Å².